The molecule has 2 unspecified atom stereocenters. The van der Waals surface area contributed by atoms with E-state index in [1.165, 1.54) is 0 Å². The van der Waals surface area contributed by atoms with Gasteiger partial charge in [0.05, 0.1) is 6.10 Å². The Labute approximate surface area is 111 Å². The summed E-state index contributed by atoms with van der Waals surface area (Å²) in [7, 11) is 0. The molecule has 0 aromatic carbocycles. The van der Waals surface area contributed by atoms with Gasteiger partial charge in [-0.1, -0.05) is 20.8 Å². The molecule has 1 fully saturated rings. The fraction of sp³-hybridized carbons (Fsp3) is 0.929. The molecular formula is C14H28N2O2. The molecule has 0 aliphatic carbocycles. The van der Waals surface area contributed by atoms with E-state index >= 15 is 0 Å². The van der Waals surface area contributed by atoms with E-state index in [-0.39, 0.29) is 17.4 Å². The zero-order valence-electron chi connectivity index (χ0n) is 12.0. The molecule has 3 N–H and O–H groups in total. The van der Waals surface area contributed by atoms with Gasteiger partial charge in [0.2, 0.25) is 5.91 Å². The maximum Gasteiger partial charge on any atom is 0.222 e. The molecule has 2 atom stereocenters. The summed E-state index contributed by atoms with van der Waals surface area (Å²) in [5.74, 6) is 0.737. The smallest absolute Gasteiger partial charge is 0.222 e. The lowest BCUT2D eigenvalue weighted by Gasteiger charge is -2.41. The average molecular weight is 256 g/mol. The van der Waals surface area contributed by atoms with Gasteiger partial charge in [-0.3, -0.25) is 4.79 Å². The Morgan fingerprint density at radius 1 is 1.50 bits per heavy atom. The van der Waals surface area contributed by atoms with Crippen LogP contribution in [-0.4, -0.2) is 41.7 Å². The third-order valence-corrected chi connectivity index (χ3v) is 4.04. The molecule has 0 spiro atoms. The molecule has 1 rings (SSSR count). The van der Waals surface area contributed by atoms with Crippen molar-refractivity contribution in [3.05, 3.63) is 0 Å². The number of likely N-dealkylation sites (tertiary alicyclic amines) is 1. The summed E-state index contributed by atoms with van der Waals surface area (Å²) in [5, 5.41) is 9.87. The second-order valence-electron chi connectivity index (χ2n) is 6.33. The van der Waals surface area contributed by atoms with Crippen molar-refractivity contribution in [2.75, 3.05) is 19.6 Å². The van der Waals surface area contributed by atoms with Crippen LogP contribution in [0, 0.1) is 11.3 Å². The number of carbonyl (C=O) groups is 1. The van der Waals surface area contributed by atoms with E-state index in [2.05, 4.69) is 6.92 Å². The summed E-state index contributed by atoms with van der Waals surface area (Å²) in [6, 6.07) is 0. The van der Waals surface area contributed by atoms with Gasteiger partial charge in [-0.05, 0) is 31.7 Å². The van der Waals surface area contributed by atoms with Crippen LogP contribution in [0.4, 0.5) is 0 Å². The van der Waals surface area contributed by atoms with Crippen LogP contribution in [0.3, 0.4) is 0 Å². The van der Waals surface area contributed by atoms with Gasteiger partial charge in [0.15, 0.2) is 0 Å². The highest BCUT2D eigenvalue weighted by molar-refractivity contribution is 5.76. The van der Waals surface area contributed by atoms with Crippen LogP contribution in [0.2, 0.25) is 0 Å². The fourth-order valence-electron chi connectivity index (χ4n) is 2.51. The number of rotatable bonds is 5. The van der Waals surface area contributed by atoms with Crippen LogP contribution in [0.15, 0.2) is 0 Å². The standard InChI is InChI=1S/C14H28N2O2/c1-11(6-8-15)4-5-13(18)16-9-7-12(17)14(2,3)10-16/h11-12,17H,4-10,15H2,1-3H3. The molecule has 4 nitrogen and oxygen atoms in total. The summed E-state index contributed by atoms with van der Waals surface area (Å²) in [6.07, 6.45) is 2.90. The Bertz CT molecular complexity index is 279. The van der Waals surface area contributed by atoms with Crippen LogP contribution in [0.25, 0.3) is 0 Å². The summed E-state index contributed by atoms with van der Waals surface area (Å²) >= 11 is 0. The van der Waals surface area contributed by atoms with E-state index in [1.807, 2.05) is 18.7 Å². The van der Waals surface area contributed by atoms with Crippen LogP contribution >= 0.6 is 0 Å². The van der Waals surface area contributed by atoms with E-state index in [0.717, 1.165) is 12.8 Å². The maximum atomic E-state index is 12.1. The molecule has 0 saturated carbocycles. The Morgan fingerprint density at radius 2 is 2.17 bits per heavy atom. The summed E-state index contributed by atoms with van der Waals surface area (Å²) in [6.45, 7) is 8.23. The molecule has 0 bridgehead atoms. The van der Waals surface area contributed by atoms with Crippen molar-refractivity contribution in [2.24, 2.45) is 17.1 Å². The molecule has 0 aromatic rings. The summed E-state index contributed by atoms with van der Waals surface area (Å²) < 4.78 is 0. The third-order valence-electron chi connectivity index (χ3n) is 4.04. The normalized spacial score (nSPS) is 24.9. The summed E-state index contributed by atoms with van der Waals surface area (Å²) in [5.41, 5.74) is 5.32. The van der Waals surface area contributed by atoms with Gasteiger partial charge in [-0.25, -0.2) is 0 Å². The van der Waals surface area contributed by atoms with E-state index in [9.17, 15) is 9.90 Å². The van der Waals surface area contributed by atoms with Crippen molar-refractivity contribution in [3.63, 3.8) is 0 Å². The minimum atomic E-state index is -0.294. The van der Waals surface area contributed by atoms with E-state index < -0.39 is 0 Å². The molecule has 1 saturated heterocycles. The van der Waals surface area contributed by atoms with Crippen LogP contribution in [0.5, 0.6) is 0 Å². The molecule has 0 aromatic heterocycles. The topological polar surface area (TPSA) is 66.6 Å². The van der Waals surface area contributed by atoms with Crippen LogP contribution in [0.1, 0.15) is 46.5 Å². The Kier molecular flexibility index (Phi) is 5.60. The Hall–Kier alpha value is -0.610. The second kappa shape index (κ2) is 6.53. The van der Waals surface area contributed by atoms with Crippen molar-refractivity contribution >= 4 is 5.91 Å². The largest absolute Gasteiger partial charge is 0.392 e. The molecule has 4 heteroatoms. The van der Waals surface area contributed by atoms with Crippen molar-refractivity contribution in [1.82, 2.24) is 4.90 Å². The van der Waals surface area contributed by atoms with Gasteiger partial charge in [0.25, 0.3) is 0 Å². The predicted octanol–water partition coefficient (Wildman–Crippen LogP) is 1.37. The van der Waals surface area contributed by atoms with E-state index in [4.69, 9.17) is 5.73 Å². The number of nitrogens with two attached hydrogens (primary N) is 1. The van der Waals surface area contributed by atoms with Gasteiger partial charge in [-0.15, -0.1) is 0 Å². The quantitative estimate of drug-likeness (QED) is 0.781. The molecule has 1 aliphatic rings. The first kappa shape index (κ1) is 15.4. The monoisotopic (exact) mass is 256 g/mol. The number of aliphatic hydroxyl groups is 1. The Morgan fingerprint density at radius 3 is 2.72 bits per heavy atom. The van der Waals surface area contributed by atoms with E-state index in [1.54, 1.807) is 0 Å². The lowest BCUT2D eigenvalue weighted by molar-refractivity contribution is -0.138. The second-order valence-corrected chi connectivity index (χ2v) is 6.33. The van der Waals surface area contributed by atoms with Gasteiger partial charge in [0.1, 0.15) is 0 Å². The summed E-state index contributed by atoms with van der Waals surface area (Å²) in [4.78, 5) is 14.0. The molecule has 1 amide bonds. The fourth-order valence-corrected chi connectivity index (χ4v) is 2.51. The number of aliphatic hydroxyl groups excluding tert-OH is 1. The van der Waals surface area contributed by atoms with Crippen molar-refractivity contribution in [3.8, 4) is 0 Å². The van der Waals surface area contributed by atoms with Gasteiger partial charge in [-0.2, -0.15) is 0 Å². The lowest BCUT2D eigenvalue weighted by Crippen LogP contribution is -2.50. The average Bonchev–Trinajstić information content (AvgIpc) is 2.30. The number of amides is 1. The molecule has 1 aliphatic heterocycles. The number of hydrogen-bond donors (Lipinski definition) is 2. The van der Waals surface area contributed by atoms with Gasteiger partial charge in [0, 0.05) is 24.9 Å². The Balaban J connectivity index is 2.39. The number of nitrogens with zero attached hydrogens (tertiary/aromatic N) is 1. The van der Waals surface area contributed by atoms with E-state index in [0.29, 0.717) is 38.4 Å². The highest BCUT2D eigenvalue weighted by Crippen LogP contribution is 2.29. The minimum absolute atomic E-state index is 0.184. The first-order valence-electron chi connectivity index (χ1n) is 7.02. The van der Waals surface area contributed by atoms with Crippen molar-refractivity contribution < 1.29 is 9.90 Å². The minimum Gasteiger partial charge on any atom is -0.392 e. The number of carbonyl (C=O) groups excluding carboxylic acids is 1. The zero-order chi connectivity index (χ0) is 13.8. The van der Waals surface area contributed by atoms with Crippen LogP contribution < -0.4 is 5.73 Å². The number of hydrogen-bond acceptors (Lipinski definition) is 3. The van der Waals surface area contributed by atoms with Crippen LogP contribution in [-0.2, 0) is 4.79 Å². The zero-order valence-corrected chi connectivity index (χ0v) is 12.0. The van der Waals surface area contributed by atoms with Gasteiger partial charge >= 0.3 is 0 Å². The molecule has 106 valence electrons. The number of piperidine rings is 1. The molecular weight excluding hydrogens is 228 g/mol. The predicted molar refractivity (Wildman–Crippen MR) is 73.1 cm³/mol. The third kappa shape index (κ3) is 4.25. The van der Waals surface area contributed by atoms with Crippen molar-refractivity contribution in [2.45, 2.75) is 52.6 Å². The highest BCUT2D eigenvalue weighted by Gasteiger charge is 2.36. The maximum absolute atomic E-state index is 12.1. The van der Waals surface area contributed by atoms with Crippen molar-refractivity contribution in [1.29, 1.82) is 0 Å². The first-order valence-corrected chi connectivity index (χ1v) is 7.02. The highest BCUT2D eigenvalue weighted by atomic mass is 16.3. The molecule has 0 radical (unpaired) electrons. The van der Waals surface area contributed by atoms with Gasteiger partial charge < -0.3 is 15.7 Å². The SMILES string of the molecule is CC(CCN)CCC(=O)N1CCC(O)C(C)(C)C1. The molecule has 18 heavy (non-hydrogen) atoms. The first-order chi connectivity index (χ1) is 8.36. The lowest BCUT2D eigenvalue weighted by atomic mass is 9.81. The molecule has 1 heterocycles.